The van der Waals surface area contributed by atoms with Crippen LogP contribution in [-0.4, -0.2) is 24.5 Å². The van der Waals surface area contributed by atoms with Crippen LogP contribution in [0.15, 0.2) is 241 Å². The minimum Gasteiger partial charge on any atom is -0.456 e. The van der Waals surface area contributed by atoms with Crippen molar-refractivity contribution >= 4 is 43.7 Å². The number of fused-ring (bicyclic) bond motifs is 6. The van der Waals surface area contributed by atoms with Crippen molar-refractivity contribution in [1.29, 1.82) is 0 Å². The Labute approximate surface area is 392 Å². The molecule has 0 aliphatic heterocycles. The van der Waals surface area contributed by atoms with Gasteiger partial charge in [-0.2, -0.15) is 0 Å². The molecule has 6 nitrogen and oxygen atoms in total. The Balaban J connectivity index is 1.10. The Kier molecular flexibility index (Phi) is 9.39. The molecule has 0 amide bonds. The van der Waals surface area contributed by atoms with Crippen LogP contribution in [0.2, 0.25) is 0 Å². The lowest BCUT2D eigenvalue weighted by Crippen LogP contribution is -2.04. The summed E-state index contributed by atoms with van der Waals surface area (Å²) in [6.45, 7) is 0. The van der Waals surface area contributed by atoms with Crippen LogP contribution in [0.3, 0.4) is 0 Å². The van der Waals surface area contributed by atoms with Crippen LogP contribution in [0.4, 0.5) is 0 Å². The Morgan fingerprint density at radius 3 is 1.29 bits per heavy atom. The maximum atomic E-state index is 6.33. The van der Waals surface area contributed by atoms with Crippen LogP contribution in [0.25, 0.3) is 128 Å². The summed E-state index contributed by atoms with van der Waals surface area (Å²) in [5, 5.41) is 4.30. The zero-order valence-corrected chi connectivity index (χ0v) is 36.7. The Morgan fingerprint density at radius 2 is 0.765 bits per heavy atom. The number of aromatic nitrogens is 5. The average Bonchev–Trinajstić information content (AvgIpc) is 3.96. The molecule has 0 saturated carbocycles. The fraction of sp³-hybridized carbons (Fsp3) is 0. The first-order valence-electron chi connectivity index (χ1n) is 22.8. The number of benzene rings is 9. The number of pyridine rings is 1. The third-order valence-electron chi connectivity index (χ3n) is 12.9. The number of furan rings is 1. The van der Waals surface area contributed by atoms with Gasteiger partial charge in [-0.25, -0.2) is 15.0 Å². The first kappa shape index (κ1) is 39.1. The van der Waals surface area contributed by atoms with Crippen LogP contribution in [0.1, 0.15) is 0 Å². The van der Waals surface area contributed by atoms with Gasteiger partial charge in [0.25, 0.3) is 0 Å². The van der Waals surface area contributed by atoms with E-state index in [0.29, 0.717) is 17.5 Å². The molecule has 68 heavy (non-hydrogen) atoms. The highest BCUT2D eigenvalue weighted by molar-refractivity contribution is 6.13. The molecule has 0 fully saturated rings. The standard InChI is InChI=1S/C62H39N5O/c1-6-16-40(17-7-1)45-27-30-55-52(34-45)53-35-46(41-18-8-2-9-19-41)28-31-56(53)67(55)59-50(42-20-10-3-11-21-42)36-48(37-51(59)43-22-12-4-13-23-43)62-65-60(44-24-14-5-15-25-44)64-61(66-62)47-26-29-49-54-39-63-33-32-57(54)68-58(49)38-47/h1-39H. The second kappa shape index (κ2) is 16.3. The number of nitrogens with zero attached hydrogens (tertiary/aromatic N) is 5. The van der Waals surface area contributed by atoms with Gasteiger partial charge >= 0.3 is 0 Å². The molecule has 4 heterocycles. The first-order chi connectivity index (χ1) is 33.7. The minimum absolute atomic E-state index is 0.548. The molecule has 0 bridgehead atoms. The van der Waals surface area contributed by atoms with E-state index in [1.165, 1.54) is 33.0 Å². The highest BCUT2D eigenvalue weighted by Gasteiger charge is 2.24. The summed E-state index contributed by atoms with van der Waals surface area (Å²) in [5.74, 6) is 1.69. The third kappa shape index (κ3) is 6.82. The summed E-state index contributed by atoms with van der Waals surface area (Å²) < 4.78 is 8.80. The maximum absolute atomic E-state index is 6.33. The topological polar surface area (TPSA) is 69.6 Å². The smallest absolute Gasteiger partial charge is 0.164 e. The quantitative estimate of drug-likeness (QED) is 0.152. The number of rotatable bonds is 8. The Hall–Kier alpha value is -9.26. The highest BCUT2D eigenvalue weighted by Crippen LogP contribution is 2.45. The molecule has 6 heteroatoms. The van der Waals surface area contributed by atoms with E-state index in [4.69, 9.17) is 19.4 Å². The predicted octanol–water partition coefficient (Wildman–Crippen LogP) is 15.9. The molecule has 4 aromatic heterocycles. The van der Waals surface area contributed by atoms with E-state index < -0.39 is 0 Å². The molecule has 0 atom stereocenters. The van der Waals surface area contributed by atoms with E-state index in [0.717, 1.165) is 77.6 Å². The van der Waals surface area contributed by atoms with Crippen LogP contribution in [-0.2, 0) is 0 Å². The predicted molar refractivity (Wildman–Crippen MR) is 277 cm³/mol. The normalized spacial score (nSPS) is 11.5. The van der Waals surface area contributed by atoms with Gasteiger partial charge in [-0.05, 0) is 88.0 Å². The van der Waals surface area contributed by atoms with Gasteiger partial charge in [0, 0.05) is 61.8 Å². The molecule has 0 saturated heterocycles. The van der Waals surface area contributed by atoms with Crippen molar-refractivity contribution in [3.8, 4) is 84.4 Å². The molecule has 13 aromatic rings. The van der Waals surface area contributed by atoms with Gasteiger partial charge < -0.3 is 8.98 Å². The summed E-state index contributed by atoms with van der Waals surface area (Å²) in [7, 11) is 0. The second-order valence-electron chi connectivity index (χ2n) is 17.0. The van der Waals surface area contributed by atoms with Crippen LogP contribution < -0.4 is 0 Å². The van der Waals surface area contributed by atoms with E-state index in [9.17, 15) is 0 Å². The van der Waals surface area contributed by atoms with Crippen molar-refractivity contribution in [2.75, 3.05) is 0 Å². The van der Waals surface area contributed by atoms with Gasteiger partial charge in [0.2, 0.25) is 0 Å². The molecule has 9 aromatic carbocycles. The van der Waals surface area contributed by atoms with E-state index in [1.54, 1.807) is 6.20 Å². The Bertz CT molecular complexity index is 3840. The zero-order chi connectivity index (χ0) is 45.0. The molecule has 0 spiro atoms. The molecular weight excluding hydrogens is 831 g/mol. The summed E-state index contributed by atoms with van der Waals surface area (Å²) in [6, 6.07) is 79.1. The number of hydrogen-bond donors (Lipinski definition) is 0. The van der Waals surface area contributed by atoms with Crippen molar-refractivity contribution in [1.82, 2.24) is 24.5 Å². The average molecular weight is 870 g/mol. The molecule has 0 radical (unpaired) electrons. The summed E-state index contributed by atoms with van der Waals surface area (Å²) in [5.41, 5.74) is 16.3. The molecule has 318 valence electrons. The zero-order valence-electron chi connectivity index (χ0n) is 36.7. The lowest BCUT2D eigenvalue weighted by atomic mass is 9.92. The molecule has 0 unspecified atom stereocenters. The molecule has 0 N–H and O–H groups in total. The van der Waals surface area contributed by atoms with E-state index in [2.05, 4.69) is 192 Å². The van der Waals surface area contributed by atoms with Gasteiger partial charge in [0.15, 0.2) is 17.5 Å². The van der Waals surface area contributed by atoms with Gasteiger partial charge in [-0.1, -0.05) is 170 Å². The highest BCUT2D eigenvalue weighted by atomic mass is 16.3. The SMILES string of the molecule is c1ccc(-c2ccc3c(c2)c2cc(-c4ccccc4)ccc2n3-c2c(-c3ccccc3)cc(-c3nc(-c4ccccc4)nc(-c4ccc5c(c4)oc4ccncc45)n3)cc2-c2ccccc2)cc1. The van der Waals surface area contributed by atoms with Gasteiger partial charge in [0.05, 0.1) is 16.7 Å². The summed E-state index contributed by atoms with van der Waals surface area (Å²) in [4.78, 5) is 20.1. The summed E-state index contributed by atoms with van der Waals surface area (Å²) in [6.07, 6.45) is 3.59. The molecule has 13 rings (SSSR count). The van der Waals surface area contributed by atoms with Crippen molar-refractivity contribution in [3.05, 3.63) is 237 Å². The van der Waals surface area contributed by atoms with Crippen LogP contribution in [0, 0.1) is 0 Å². The number of hydrogen-bond acceptors (Lipinski definition) is 5. The lowest BCUT2D eigenvalue weighted by molar-refractivity contribution is 0.668. The van der Waals surface area contributed by atoms with Crippen molar-refractivity contribution in [2.24, 2.45) is 0 Å². The molecular formula is C62H39N5O. The lowest BCUT2D eigenvalue weighted by Gasteiger charge is -2.21. The van der Waals surface area contributed by atoms with Crippen LogP contribution in [0.5, 0.6) is 0 Å². The van der Waals surface area contributed by atoms with Crippen molar-refractivity contribution in [3.63, 3.8) is 0 Å². The fourth-order valence-electron chi connectivity index (χ4n) is 9.67. The largest absolute Gasteiger partial charge is 0.456 e. The third-order valence-corrected chi connectivity index (χ3v) is 12.9. The van der Waals surface area contributed by atoms with E-state index in [1.807, 2.05) is 48.7 Å². The first-order valence-corrected chi connectivity index (χ1v) is 22.8. The summed E-state index contributed by atoms with van der Waals surface area (Å²) >= 11 is 0. The van der Waals surface area contributed by atoms with Crippen molar-refractivity contribution < 1.29 is 4.42 Å². The van der Waals surface area contributed by atoms with Gasteiger partial charge in [-0.3, -0.25) is 4.98 Å². The van der Waals surface area contributed by atoms with E-state index >= 15 is 0 Å². The van der Waals surface area contributed by atoms with Gasteiger partial charge in [0.1, 0.15) is 11.2 Å². The minimum atomic E-state index is 0.548. The van der Waals surface area contributed by atoms with Crippen molar-refractivity contribution in [2.45, 2.75) is 0 Å². The maximum Gasteiger partial charge on any atom is 0.164 e. The fourth-order valence-corrected chi connectivity index (χ4v) is 9.67. The van der Waals surface area contributed by atoms with Crippen LogP contribution >= 0.6 is 0 Å². The Morgan fingerprint density at radius 1 is 0.309 bits per heavy atom. The molecule has 0 aliphatic carbocycles. The second-order valence-corrected chi connectivity index (χ2v) is 17.0. The van der Waals surface area contributed by atoms with Gasteiger partial charge in [-0.15, -0.1) is 0 Å². The monoisotopic (exact) mass is 869 g/mol. The van der Waals surface area contributed by atoms with E-state index in [-0.39, 0.29) is 0 Å². The molecule has 0 aliphatic rings.